The number of hydrogen-bond acceptors (Lipinski definition) is 6. The minimum Gasteiger partial charge on any atom is -0.474 e. The van der Waals surface area contributed by atoms with Crippen LogP contribution in [-0.2, 0) is 6.18 Å². The Morgan fingerprint density at radius 1 is 1.13 bits per heavy atom. The van der Waals surface area contributed by atoms with Gasteiger partial charge in [0, 0.05) is 23.9 Å². The molecule has 1 N–H and O–H groups in total. The second kappa shape index (κ2) is 8.70. The van der Waals surface area contributed by atoms with E-state index in [4.69, 9.17) is 4.74 Å². The summed E-state index contributed by atoms with van der Waals surface area (Å²) in [4.78, 5) is 16.4. The van der Waals surface area contributed by atoms with Gasteiger partial charge in [0.15, 0.2) is 0 Å². The zero-order chi connectivity index (χ0) is 21.8. The summed E-state index contributed by atoms with van der Waals surface area (Å²) in [5.74, 6) is -0.0244. The van der Waals surface area contributed by atoms with Gasteiger partial charge in [-0.1, -0.05) is 6.07 Å². The molecule has 0 atom stereocenters. The number of amides is 1. The molecule has 0 radical (unpaired) electrons. The average molecular weight is 432 g/mol. The molecule has 31 heavy (non-hydrogen) atoms. The Kier molecular flexibility index (Phi) is 5.83. The average Bonchev–Trinajstić information content (AvgIpc) is 3.30. The fraction of sp³-hybridized carbons (Fsp3) is 0.350. The largest absolute Gasteiger partial charge is 0.474 e. The molecular formula is C20H19F3N6O2. The van der Waals surface area contributed by atoms with Crippen LogP contribution in [0.4, 0.5) is 13.2 Å². The first kappa shape index (κ1) is 20.8. The molecule has 3 aromatic rings. The third-order valence-electron chi connectivity index (χ3n) is 5.08. The predicted molar refractivity (Wildman–Crippen MR) is 103 cm³/mol. The smallest absolute Gasteiger partial charge is 0.417 e. The van der Waals surface area contributed by atoms with Gasteiger partial charge in [0.1, 0.15) is 12.4 Å². The van der Waals surface area contributed by atoms with Crippen LogP contribution in [0.15, 0.2) is 48.9 Å². The van der Waals surface area contributed by atoms with Gasteiger partial charge in [-0.05, 0) is 60.4 Å². The lowest BCUT2D eigenvalue weighted by molar-refractivity contribution is -0.137. The van der Waals surface area contributed by atoms with Crippen LogP contribution in [-0.4, -0.2) is 43.2 Å². The highest BCUT2D eigenvalue weighted by Crippen LogP contribution is 2.30. The van der Waals surface area contributed by atoms with Crippen molar-refractivity contribution in [3.8, 4) is 11.6 Å². The molecule has 1 amide bonds. The molecule has 1 aliphatic rings. The highest BCUT2D eigenvalue weighted by atomic mass is 19.4. The van der Waals surface area contributed by atoms with E-state index in [9.17, 15) is 18.0 Å². The van der Waals surface area contributed by atoms with Crippen LogP contribution >= 0.6 is 0 Å². The maximum atomic E-state index is 12.6. The number of tetrazole rings is 1. The molecule has 8 nitrogen and oxygen atoms in total. The molecule has 1 aromatic carbocycles. The number of carbonyl (C=O) groups is 1. The Morgan fingerprint density at radius 3 is 2.58 bits per heavy atom. The summed E-state index contributed by atoms with van der Waals surface area (Å²) in [6, 6.07) is 9.15. The number of nitrogens with zero attached hydrogens (tertiary/aromatic N) is 5. The molecule has 0 aliphatic heterocycles. The monoisotopic (exact) mass is 432 g/mol. The summed E-state index contributed by atoms with van der Waals surface area (Å²) in [5, 5.41) is 14.0. The summed E-state index contributed by atoms with van der Waals surface area (Å²) in [6.07, 6.45) is 0.368. The second-order valence-corrected chi connectivity index (χ2v) is 7.25. The summed E-state index contributed by atoms with van der Waals surface area (Å²) in [5.41, 5.74) is 0.370. The van der Waals surface area contributed by atoms with Crippen molar-refractivity contribution in [3.05, 3.63) is 60.0 Å². The maximum Gasteiger partial charge on any atom is 0.417 e. The molecule has 2 aromatic heterocycles. The van der Waals surface area contributed by atoms with E-state index < -0.39 is 11.7 Å². The third-order valence-corrected chi connectivity index (χ3v) is 5.08. The summed E-state index contributed by atoms with van der Waals surface area (Å²) >= 11 is 0. The summed E-state index contributed by atoms with van der Waals surface area (Å²) in [6.45, 7) is 0. The van der Waals surface area contributed by atoms with Gasteiger partial charge in [-0.3, -0.25) is 4.79 Å². The number of aromatic nitrogens is 5. The van der Waals surface area contributed by atoms with Crippen molar-refractivity contribution in [2.45, 2.75) is 44.0 Å². The molecule has 162 valence electrons. The Labute approximate surface area is 175 Å². The first-order valence-corrected chi connectivity index (χ1v) is 9.73. The lowest BCUT2D eigenvalue weighted by Crippen LogP contribution is -2.39. The Balaban J connectivity index is 1.28. The van der Waals surface area contributed by atoms with Gasteiger partial charge in [-0.2, -0.15) is 13.2 Å². The Morgan fingerprint density at radius 2 is 1.94 bits per heavy atom. The number of alkyl halides is 3. The first-order chi connectivity index (χ1) is 14.9. The maximum absolute atomic E-state index is 12.6. The molecule has 1 saturated carbocycles. The quantitative estimate of drug-likeness (QED) is 0.666. The minimum atomic E-state index is -4.42. The van der Waals surface area contributed by atoms with Gasteiger partial charge in [-0.15, -0.1) is 5.10 Å². The number of hydrogen-bond donors (Lipinski definition) is 1. The lowest BCUT2D eigenvalue weighted by Gasteiger charge is -2.29. The number of rotatable bonds is 5. The van der Waals surface area contributed by atoms with Crippen LogP contribution < -0.4 is 10.1 Å². The van der Waals surface area contributed by atoms with E-state index in [1.165, 1.54) is 17.1 Å². The summed E-state index contributed by atoms with van der Waals surface area (Å²) < 4.78 is 45.0. The van der Waals surface area contributed by atoms with Crippen LogP contribution in [0.2, 0.25) is 0 Å². The molecule has 1 aliphatic carbocycles. The van der Waals surface area contributed by atoms with Gasteiger partial charge in [-0.25, -0.2) is 9.67 Å². The molecule has 0 bridgehead atoms. The Bertz CT molecular complexity index is 1020. The fourth-order valence-electron chi connectivity index (χ4n) is 3.45. The van der Waals surface area contributed by atoms with E-state index in [2.05, 4.69) is 25.8 Å². The van der Waals surface area contributed by atoms with Gasteiger partial charge in [0.2, 0.25) is 5.88 Å². The van der Waals surface area contributed by atoms with Crippen molar-refractivity contribution in [2.24, 2.45) is 0 Å². The number of ether oxygens (including phenoxy) is 1. The normalized spacial score (nSPS) is 19.1. The van der Waals surface area contributed by atoms with Crippen molar-refractivity contribution >= 4 is 5.91 Å². The van der Waals surface area contributed by atoms with E-state index in [1.807, 2.05) is 0 Å². The molecule has 0 spiro atoms. The number of halogens is 3. The highest BCUT2D eigenvalue weighted by Gasteiger charge is 2.31. The van der Waals surface area contributed by atoms with Crippen molar-refractivity contribution in [2.75, 3.05) is 0 Å². The third kappa shape index (κ3) is 5.16. The van der Waals surface area contributed by atoms with Gasteiger partial charge in [0.25, 0.3) is 5.91 Å². The molecular weight excluding hydrogens is 413 g/mol. The fourth-order valence-corrected chi connectivity index (χ4v) is 3.45. The predicted octanol–water partition coefficient (Wildman–Crippen LogP) is 3.20. The second-order valence-electron chi connectivity index (χ2n) is 7.25. The van der Waals surface area contributed by atoms with E-state index in [1.54, 1.807) is 24.3 Å². The van der Waals surface area contributed by atoms with E-state index in [-0.39, 0.29) is 23.9 Å². The molecule has 0 unspecified atom stereocenters. The summed E-state index contributed by atoms with van der Waals surface area (Å²) in [7, 11) is 0. The van der Waals surface area contributed by atoms with Crippen molar-refractivity contribution in [3.63, 3.8) is 0 Å². The van der Waals surface area contributed by atoms with Gasteiger partial charge < -0.3 is 10.1 Å². The van der Waals surface area contributed by atoms with Crippen LogP contribution in [0.25, 0.3) is 5.69 Å². The molecule has 11 heteroatoms. The molecule has 4 rings (SSSR count). The zero-order valence-electron chi connectivity index (χ0n) is 16.3. The number of nitrogens with one attached hydrogen (secondary N) is 1. The molecule has 1 fully saturated rings. The number of carbonyl (C=O) groups excluding carboxylic acids is 1. The Hall–Kier alpha value is -3.50. The number of pyridine rings is 1. The van der Waals surface area contributed by atoms with Gasteiger partial charge >= 0.3 is 6.18 Å². The molecule has 2 heterocycles. The van der Waals surface area contributed by atoms with E-state index in [0.29, 0.717) is 36.9 Å². The minimum absolute atomic E-state index is 0.00962. The van der Waals surface area contributed by atoms with Crippen molar-refractivity contribution in [1.29, 1.82) is 0 Å². The van der Waals surface area contributed by atoms with Crippen LogP contribution in [0.3, 0.4) is 0 Å². The van der Waals surface area contributed by atoms with E-state index in [0.717, 1.165) is 12.3 Å². The van der Waals surface area contributed by atoms with Crippen molar-refractivity contribution in [1.82, 2.24) is 30.5 Å². The lowest BCUT2D eigenvalue weighted by atomic mass is 9.92. The number of benzene rings is 1. The van der Waals surface area contributed by atoms with Gasteiger partial charge in [0.05, 0.1) is 11.3 Å². The van der Waals surface area contributed by atoms with Crippen LogP contribution in [0.5, 0.6) is 5.88 Å². The van der Waals surface area contributed by atoms with E-state index >= 15 is 0 Å². The molecule has 0 saturated heterocycles. The topological polar surface area (TPSA) is 94.8 Å². The highest BCUT2D eigenvalue weighted by molar-refractivity contribution is 5.94. The SMILES string of the molecule is O=C(NC1CCC(Oc2ccc(C(F)(F)F)cn2)CC1)c1cccc(-n2cnnn2)c1. The first-order valence-electron chi connectivity index (χ1n) is 9.73. The zero-order valence-corrected chi connectivity index (χ0v) is 16.3. The van der Waals surface area contributed by atoms with Crippen LogP contribution in [0, 0.1) is 0 Å². The van der Waals surface area contributed by atoms with Crippen molar-refractivity contribution < 1.29 is 22.7 Å². The van der Waals surface area contributed by atoms with Crippen LogP contribution in [0.1, 0.15) is 41.6 Å². The standard InChI is InChI=1S/C20H19F3N6O2/c21-20(22,23)14-4-9-18(24-11-14)31-17-7-5-15(6-8-17)26-19(30)13-2-1-3-16(10-13)29-12-25-27-28-29/h1-4,9-12,15,17H,5-8H2,(H,26,30).